The average molecular weight is 462 g/mol. The number of halogens is 3. The number of carbonyl (C=O) groups is 1. The molecule has 2 aromatic carbocycles. The number of hydrogen-bond donors (Lipinski definition) is 4. The molecule has 0 aliphatic carbocycles. The molecule has 0 spiro atoms. The maximum Gasteiger partial charge on any atom is 0.469 e. The highest BCUT2D eigenvalue weighted by Crippen LogP contribution is 2.36. The third-order valence-corrected chi connectivity index (χ3v) is 4.54. The lowest BCUT2D eigenvalue weighted by molar-refractivity contribution is -0.137. The van der Waals surface area contributed by atoms with Gasteiger partial charge in [0.2, 0.25) is 5.91 Å². The van der Waals surface area contributed by atoms with Gasteiger partial charge in [-0.1, -0.05) is 18.2 Å². The van der Waals surface area contributed by atoms with E-state index in [1.54, 1.807) is 18.2 Å². The molecule has 0 fully saturated rings. The minimum absolute atomic E-state index is 0.146. The van der Waals surface area contributed by atoms with Crippen LogP contribution < -0.4 is 15.8 Å². The molecule has 0 aromatic heterocycles. The summed E-state index contributed by atoms with van der Waals surface area (Å²) in [6, 6.07) is 11.1. The third kappa shape index (κ3) is 8.31. The van der Waals surface area contributed by atoms with Gasteiger partial charge in [-0.2, -0.15) is 13.2 Å². The molecule has 0 unspecified atom stereocenters. The van der Waals surface area contributed by atoms with Crippen LogP contribution in [0.15, 0.2) is 48.5 Å². The molecule has 2 rings (SSSR count). The summed E-state index contributed by atoms with van der Waals surface area (Å²) in [5.41, 5.74) is 4.15. The van der Waals surface area contributed by atoms with Gasteiger partial charge in [0.1, 0.15) is 11.3 Å². The fourth-order valence-corrected chi connectivity index (χ4v) is 2.82. The van der Waals surface area contributed by atoms with E-state index in [2.05, 4.69) is 9.84 Å². The van der Waals surface area contributed by atoms with Crippen molar-refractivity contribution in [2.45, 2.75) is 25.1 Å². The lowest BCUT2D eigenvalue weighted by atomic mass is 10.0. The quantitative estimate of drug-likeness (QED) is 0.421. The predicted octanol–water partition coefficient (Wildman–Crippen LogP) is 3.09. The highest BCUT2D eigenvalue weighted by atomic mass is 31.2. The van der Waals surface area contributed by atoms with Gasteiger partial charge in [0.15, 0.2) is 0 Å². The molecule has 170 valence electrons. The fourth-order valence-electron chi connectivity index (χ4n) is 2.38. The smallest absolute Gasteiger partial charge is 0.469 e. The lowest BCUT2D eigenvalue weighted by Crippen LogP contribution is -2.52. The molecule has 31 heavy (non-hydrogen) atoms. The van der Waals surface area contributed by atoms with Crippen molar-refractivity contribution in [2.24, 2.45) is 5.73 Å². The van der Waals surface area contributed by atoms with Gasteiger partial charge in [-0.25, -0.2) is 4.57 Å². The molecule has 0 saturated carbocycles. The van der Waals surface area contributed by atoms with Gasteiger partial charge in [-0.15, -0.1) is 0 Å². The summed E-state index contributed by atoms with van der Waals surface area (Å²) in [5.74, 6) is -0.288. The van der Waals surface area contributed by atoms with Crippen LogP contribution in [0.2, 0.25) is 0 Å². The van der Waals surface area contributed by atoms with E-state index in [0.717, 1.165) is 12.1 Å². The maximum absolute atomic E-state index is 12.7. The molecule has 1 amide bonds. The van der Waals surface area contributed by atoms with Gasteiger partial charge in [0.25, 0.3) is 0 Å². The number of ether oxygens (including phenoxy) is 1. The van der Waals surface area contributed by atoms with Gasteiger partial charge in [-0.3, -0.25) is 9.32 Å². The minimum atomic E-state index is -4.77. The van der Waals surface area contributed by atoms with Crippen LogP contribution in [0, 0.1) is 0 Å². The SMILES string of the molecule is C[C@](N)(COP(=O)(O)O)C(=O)Nc1ccc(OCCc2cccc(C(F)(F)F)c2)cc1. The molecule has 0 heterocycles. The number of hydrogen-bond acceptors (Lipinski definition) is 5. The first-order valence-corrected chi connectivity index (χ1v) is 10.5. The second-order valence-electron chi connectivity index (χ2n) is 6.96. The van der Waals surface area contributed by atoms with Crippen molar-refractivity contribution in [3.05, 3.63) is 59.7 Å². The van der Waals surface area contributed by atoms with Crippen molar-refractivity contribution in [1.82, 2.24) is 0 Å². The summed E-state index contributed by atoms with van der Waals surface area (Å²) < 4.78 is 58.8. The number of benzene rings is 2. The van der Waals surface area contributed by atoms with Crippen LogP contribution in [0.3, 0.4) is 0 Å². The van der Waals surface area contributed by atoms with Crippen LogP contribution in [-0.2, 0) is 26.5 Å². The van der Waals surface area contributed by atoms with E-state index in [1.807, 2.05) is 0 Å². The molecule has 0 bridgehead atoms. The molecule has 0 radical (unpaired) electrons. The first-order chi connectivity index (χ1) is 14.3. The van der Waals surface area contributed by atoms with Crippen LogP contribution in [0.5, 0.6) is 5.75 Å². The number of amides is 1. The van der Waals surface area contributed by atoms with Crippen molar-refractivity contribution in [1.29, 1.82) is 0 Å². The minimum Gasteiger partial charge on any atom is -0.493 e. The van der Waals surface area contributed by atoms with E-state index in [9.17, 15) is 22.5 Å². The number of nitrogens with one attached hydrogen (secondary N) is 1. The van der Waals surface area contributed by atoms with E-state index < -0.39 is 37.6 Å². The molecule has 0 saturated heterocycles. The topological polar surface area (TPSA) is 131 Å². The second kappa shape index (κ2) is 9.80. The van der Waals surface area contributed by atoms with Crippen LogP contribution >= 0.6 is 7.82 Å². The fraction of sp³-hybridized carbons (Fsp3) is 0.316. The normalized spacial score (nSPS) is 14.0. The zero-order valence-electron chi connectivity index (χ0n) is 16.4. The Labute approximate surface area is 176 Å². The van der Waals surface area contributed by atoms with Gasteiger partial charge < -0.3 is 25.6 Å². The van der Waals surface area contributed by atoms with Gasteiger partial charge >= 0.3 is 14.0 Å². The van der Waals surface area contributed by atoms with Crippen LogP contribution in [-0.4, -0.2) is 34.4 Å². The number of anilines is 1. The first kappa shape index (κ1) is 24.8. The van der Waals surface area contributed by atoms with Gasteiger partial charge in [-0.05, 0) is 42.8 Å². The van der Waals surface area contributed by atoms with E-state index in [-0.39, 0.29) is 13.0 Å². The van der Waals surface area contributed by atoms with E-state index in [0.29, 0.717) is 17.0 Å². The van der Waals surface area contributed by atoms with Crippen molar-refractivity contribution in [3.63, 3.8) is 0 Å². The molecular weight excluding hydrogens is 440 g/mol. The Balaban J connectivity index is 1.87. The van der Waals surface area contributed by atoms with Gasteiger partial charge in [0, 0.05) is 12.1 Å². The zero-order valence-corrected chi connectivity index (χ0v) is 17.3. The summed E-state index contributed by atoms with van der Waals surface area (Å²) >= 11 is 0. The van der Waals surface area contributed by atoms with Crippen molar-refractivity contribution in [3.8, 4) is 5.75 Å². The second-order valence-corrected chi connectivity index (χ2v) is 8.20. The Kier molecular flexibility index (Phi) is 7.85. The summed E-state index contributed by atoms with van der Waals surface area (Å²) in [4.78, 5) is 29.6. The lowest BCUT2D eigenvalue weighted by Gasteiger charge is -2.23. The molecule has 1 atom stereocenters. The first-order valence-electron chi connectivity index (χ1n) is 8.96. The highest BCUT2D eigenvalue weighted by molar-refractivity contribution is 7.46. The van der Waals surface area contributed by atoms with Crippen LogP contribution in [0.25, 0.3) is 0 Å². The standard InChI is InChI=1S/C19H22F3N2O6P/c1-18(23,12-30-31(26,27)28)17(25)24-15-5-7-16(8-6-15)29-10-9-13-3-2-4-14(11-13)19(20,21)22/h2-8,11H,9-10,12,23H2,1H3,(H,24,25)(H2,26,27,28)/t18-/m0/s1. The number of phosphoric acid groups is 1. The molecular formula is C19H22F3N2O6P. The Morgan fingerprint density at radius 3 is 2.39 bits per heavy atom. The molecule has 8 nitrogen and oxygen atoms in total. The molecule has 2 aromatic rings. The largest absolute Gasteiger partial charge is 0.493 e. The summed E-state index contributed by atoms with van der Waals surface area (Å²) in [6.45, 7) is 0.705. The average Bonchev–Trinajstić information content (AvgIpc) is 2.67. The number of nitrogens with two attached hydrogens (primary N) is 1. The summed E-state index contributed by atoms with van der Waals surface area (Å²) in [7, 11) is -4.77. The summed E-state index contributed by atoms with van der Waals surface area (Å²) in [5, 5.41) is 2.49. The Morgan fingerprint density at radius 2 is 1.81 bits per heavy atom. The molecule has 0 aliphatic heterocycles. The summed E-state index contributed by atoms with van der Waals surface area (Å²) in [6.07, 6.45) is -4.13. The van der Waals surface area contributed by atoms with Crippen LogP contribution in [0.1, 0.15) is 18.1 Å². The van der Waals surface area contributed by atoms with Crippen molar-refractivity contribution >= 4 is 19.4 Å². The number of alkyl halides is 3. The number of phosphoric ester groups is 1. The van der Waals surface area contributed by atoms with E-state index in [4.69, 9.17) is 20.3 Å². The van der Waals surface area contributed by atoms with Crippen molar-refractivity contribution < 1.29 is 41.6 Å². The molecule has 5 N–H and O–H groups in total. The highest BCUT2D eigenvalue weighted by Gasteiger charge is 2.32. The maximum atomic E-state index is 12.7. The Hall–Kier alpha value is -2.43. The number of rotatable bonds is 9. The number of carbonyl (C=O) groups excluding carboxylic acids is 1. The zero-order chi connectivity index (χ0) is 23.3. The predicted molar refractivity (Wildman–Crippen MR) is 106 cm³/mol. The van der Waals surface area contributed by atoms with E-state index in [1.165, 1.54) is 25.1 Å². The molecule has 12 heteroatoms. The van der Waals surface area contributed by atoms with Crippen LogP contribution in [0.4, 0.5) is 18.9 Å². The Morgan fingerprint density at radius 1 is 1.16 bits per heavy atom. The van der Waals surface area contributed by atoms with Gasteiger partial charge in [0.05, 0.1) is 18.8 Å². The van der Waals surface area contributed by atoms with E-state index >= 15 is 0 Å². The van der Waals surface area contributed by atoms with Crippen molar-refractivity contribution in [2.75, 3.05) is 18.5 Å². The third-order valence-electron chi connectivity index (χ3n) is 4.08. The molecule has 0 aliphatic rings. The Bertz CT molecular complexity index is 944. The monoisotopic (exact) mass is 462 g/mol.